The van der Waals surface area contributed by atoms with Crippen LogP contribution in [0.1, 0.15) is 40.7 Å². The van der Waals surface area contributed by atoms with Crippen LogP contribution in [0, 0.1) is 5.92 Å². The molecule has 3 atom stereocenters. The highest BCUT2D eigenvalue weighted by molar-refractivity contribution is 6.34. The molecule has 3 rings (SSSR count). The van der Waals surface area contributed by atoms with Crippen LogP contribution < -0.4 is 16.4 Å². The Bertz CT molecular complexity index is 891. The van der Waals surface area contributed by atoms with Crippen molar-refractivity contribution < 1.29 is 19.2 Å². The fourth-order valence-corrected chi connectivity index (χ4v) is 4.42. The number of benzene rings is 1. The van der Waals surface area contributed by atoms with Crippen LogP contribution in [-0.2, 0) is 27.3 Å². The van der Waals surface area contributed by atoms with Crippen LogP contribution in [-0.4, -0.2) is 73.2 Å². The first-order valence-electron chi connectivity index (χ1n) is 10.6. The van der Waals surface area contributed by atoms with Crippen molar-refractivity contribution in [2.45, 2.75) is 44.3 Å². The summed E-state index contributed by atoms with van der Waals surface area (Å²) in [5.74, 6) is -2.50. The first kappa shape index (κ1) is 25.6. The standard InChI is InChI=1S/C22H31N5O4.ClH/c1-26(2)22(31)15-6-7-17(24-21(30)19(23)28)18(11-15)25-20(29)14-4-5-16-12-27(3)9-8-13(16)10-14;/h4-5,10,15,17-18H,6-9,11-12H2,1-3H3,(H2,23,28)(H,24,30)(H,25,29);1H/t15-,17-,18+;/m0./s1. The Hall–Kier alpha value is -2.65. The summed E-state index contributed by atoms with van der Waals surface area (Å²) in [6.07, 6.45) is 2.28. The van der Waals surface area contributed by atoms with E-state index >= 15 is 0 Å². The van der Waals surface area contributed by atoms with Crippen molar-refractivity contribution in [2.75, 3.05) is 27.7 Å². The molecule has 9 nitrogen and oxygen atoms in total. The summed E-state index contributed by atoms with van der Waals surface area (Å²) in [6.45, 7) is 1.80. The first-order chi connectivity index (χ1) is 14.7. The van der Waals surface area contributed by atoms with Gasteiger partial charge in [-0.3, -0.25) is 19.2 Å². The average molecular weight is 466 g/mol. The molecule has 1 saturated carbocycles. The minimum absolute atomic E-state index is 0. The predicted octanol–water partition coefficient (Wildman–Crippen LogP) is 0.0531. The molecule has 1 aliphatic heterocycles. The number of fused-ring (bicyclic) bond motifs is 1. The van der Waals surface area contributed by atoms with Gasteiger partial charge in [0.15, 0.2) is 0 Å². The van der Waals surface area contributed by atoms with E-state index in [1.807, 2.05) is 12.1 Å². The molecule has 176 valence electrons. The van der Waals surface area contributed by atoms with Crippen molar-refractivity contribution in [3.05, 3.63) is 34.9 Å². The summed E-state index contributed by atoms with van der Waals surface area (Å²) >= 11 is 0. The molecule has 1 fully saturated rings. The number of hydrogen-bond donors (Lipinski definition) is 3. The number of likely N-dealkylation sites (N-methyl/N-ethyl adjacent to an activating group) is 1. The summed E-state index contributed by atoms with van der Waals surface area (Å²) in [5.41, 5.74) is 8.00. The van der Waals surface area contributed by atoms with Crippen LogP contribution in [0.4, 0.5) is 0 Å². The van der Waals surface area contributed by atoms with Gasteiger partial charge in [-0.1, -0.05) is 6.07 Å². The molecule has 32 heavy (non-hydrogen) atoms. The Morgan fingerprint density at radius 1 is 1.06 bits per heavy atom. The number of primary amides is 1. The molecule has 0 radical (unpaired) electrons. The lowest BCUT2D eigenvalue weighted by atomic mass is 9.81. The van der Waals surface area contributed by atoms with Crippen molar-refractivity contribution in [2.24, 2.45) is 11.7 Å². The second-order valence-electron chi connectivity index (χ2n) is 8.74. The SMILES string of the molecule is CN1CCc2cc(C(=O)N[C@@H]3C[C@@H](C(=O)N(C)C)CC[C@@H]3NC(=O)C(N)=O)ccc2C1.Cl. The third-order valence-electron chi connectivity index (χ3n) is 6.17. The Morgan fingerprint density at radius 2 is 1.78 bits per heavy atom. The molecule has 2 aliphatic rings. The minimum Gasteiger partial charge on any atom is -0.361 e. The number of nitrogens with one attached hydrogen (secondary N) is 2. The van der Waals surface area contributed by atoms with Crippen molar-refractivity contribution in [3.63, 3.8) is 0 Å². The van der Waals surface area contributed by atoms with Crippen LogP contribution in [0.3, 0.4) is 0 Å². The zero-order valence-electron chi connectivity index (χ0n) is 18.7. The van der Waals surface area contributed by atoms with Gasteiger partial charge in [0.25, 0.3) is 5.91 Å². The number of nitrogens with zero attached hydrogens (tertiary/aromatic N) is 2. The quantitative estimate of drug-likeness (QED) is 0.542. The number of halogens is 1. The molecule has 1 aliphatic carbocycles. The van der Waals surface area contributed by atoms with Crippen LogP contribution in [0.2, 0.25) is 0 Å². The summed E-state index contributed by atoms with van der Waals surface area (Å²) < 4.78 is 0. The van der Waals surface area contributed by atoms with Crippen molar-refractivity contribution in [3.8, 4) is 0 Å². The zero-order chi connectivity index (χ0) is 22.7. The normalized spacial score (nSPS) is 22.7. The van der Waals surface area contributed by atoms with Gasteiger partial charge in [-0.2, -0.15) is 0 Å². The van der Waals surface area contributed by atoms with Crippen molar-refractivity contribution >= 4 is 36.0 Å². The van der Waals surface area contributed by atoms with Gasteiger partial charge in [0.05, 0.1) is 6.04 Å². The second kappa shape index (κ2) is 10.8. The second-order valence-corrected chi connectivity index (χ2v) is 8.74. The molecule has 0 bridgehead atoms. The van der Waals surface area contributed by atoms with E-state index in [4.69, 9.17) is 5.73 Å². The summed E-state index contributed by atoms with van der Waals surface area (Å²) in [6, 6.07) is 4.74. The molecule has 1 heterocycles. The van der Waals surface area contributed by atoms with Gasteiger partial charge in [0.1, 0.15) is 0 Å². The molecule has 0 spiro atoms. The van der Waals surface area contributed by atoms with Gasteiger partial charge < -0.3 is 26.2 Å². The monoisotopic (exact) mass is 465 g/mol. The van der Waals surface area contributed by atoms with E-state index in [9.17, 15) is 19.2 Å². The van der Waals surface area contributed by atoms with Gasteiger partial charge in [-0.15, -0.1) is 12.4 Å². The molecule has 0 unspecified atom stereocenters. The fraction of sp³-hybridized carbons (Fsp3) is 0.545. The molecule has 1 aromatic rings. The third kappa shape index (κ3) is 5.98. The number of amides is 4. The van der Waals surface area contributed by atoms with E-state index in [1.54, 1.807) is 20.2 Å². The third-order valence-corrected chi connectivity index (χ3v) is 6.17. The number of carbonyl (C=O) groups excluding carboxylic acids is 4. The summed E-state index contributed by atoms with van der Waals surface area (Å²) in [4.78, 5) is 52.3. The summed E-state index contributed by atoms with van der Waals surface area (Å²) in [5, 5.41) is 5.59. The van der Waals surface area contributed by atoms with Gasteiger partial charge in [-0.25, -0.2) is 0 Å². The molecule has 10 heteroatoms. The van der Waals surface area contributed by atoms with E-state index in [0.717, 1.165) is 25.1 Å². The molecule has 1 aromatic carbocycles. The Kier molecular flexibility index (Phi) is 8.63. The highest BCUT2D eigenvalue weighted by Crippen LogP contribution is 2.27. The Balaban J connectivity index is 0.00000363. The maximum absolute atomic E-state index is 13.0. The lowest BCUT2D eigenvalue weighted by Gasteiger charge is -2.37. The van der Waals surface area contributed by atoms with E-state index in [2.05, 4.69) is 22.6 Å². The van der Waals surface area contributed by atoms with E-state index in [0.29, 0.717) is 24.8 Å². The van der Waals surface area contributed by atoms with Crippen LogP contribution in [0.25, 0.3) is 0 Å². The lowest BCUT2D eigenvalue weighted by molar-refractivity contribution is -0.138. The Labute approximate surface area is 194 Å². The molecular formula is C22H32ClN5O4. The van der Waals surface area contributed by atoms with Crippen LogP contribution >= 0.6 is 12.4 Å². The maximum Gasteiger partial charge on any atom is 0.309 e. The highest BCUT2D eigenvalue weighted by Gasteiger charge is 2.36. The van der Waals surface area contributed by atoms with E-state index in [1.165, 1.54) is 10.5 Å². The smallest absolute Gasteiger partial charge is 0.309 e. The summed E-state index contributed by atoms with van der Waals surface area (Å²) in [7, 11) is 5.46. The topological polar surface area (TPSA) is 125 Å². The number of rotatable bonds is 4. The zero-order valence-corrected chi connectivity index (χ0v) is 19.5. The number of carbonyl (C=O) groups is 4. The van der Waals surface area contributed by atoms with Gasteiger partial charge in [-0.05, 0) is 56.0 Å². The molecule has 0 saturated heterocycles. The van der Waals surface area contributed by atoms with Gasteiger partial charge in [0.2, 0.25) is 5.91 Å². The highest BCUT2D eigenvalue weighted by atomic mass is 35.5. The first-order valence-corrected chi connectivity index (χ1v) is 10.6. The number of hydrogen-bond acceptors (Lipinski definition) is 5. The minimum atomic E-state index is -1.07. The van der Waals surface area contributed by atoms with Crippen molar-refractivity contribution in [1.82, 2.24) is 20.4 Å². The number of nitrogens with two attached hydrogens (primary N) is 1. The molecule has 4 amide bonds. The molecular weight excluding hydrogens is 434 g/mol. The predicted molar refractivity (Wildman–Crippen MR) is 122 cm³/mol. The van der Waals surface area contributed by atoms with E-state index in [-0.39, 0.29) is 30.1 Å². The lowest BCUT2D eigenvalue weighted by Crippen LogP contribution is -2.57. The maximum atomic E-state index is 13.0. The van der Waals surface area contributed by atoms with Gasteiger partial charge in [0, 0.05) is 44.7 Å². The fourth-order valence-electron chi connectivity index (χ4n) is 4.42. The van der Waals surface area contributed by atoms with Crippen LogP contribution in [0.15, 0.2) is 18.2 Å². The Morgan fingerprint density at radius 3 is 2.44 bits per heavy atom. The molecule has 4 N–H and O–H groups in total. The average Bonchev–Trinajstić information content (AvgIpc) is 2.73. The van der Waals surface area contributed by atoms with Gasteiger partial charge >= 0.3 is 11.8 Å². The largest absolute Gasteiger partial charge is 0.361 e. The molecule has 0 aromatic heterocycles. The van der Waals surface area contributed by atoms with Crippen LogP contribution in [0.5, 0.6) is 0 Å². The van der Waals surface area contributed by atoms with Crippen molar-refractivity contribution in [1.29, 1.82) is 0 Å². The van der Waals surface area contributed by atoms with E-state index < -0.39 is 23.9 Å².